The first kappa shape index (κ1) is 23.2. The average molecular weight is 487 g/mol. The van der Waals surface area contributed by atoms with Crippen molar-refractivity contribution >= 4 is 28.3 Å². The Hall–Kier alpha value is -3.51. The van der Waals surface area contributed by atoms with Crippen molar-refractivity contribution in [2.45, 2.75) is 37.8 Å². The molecule has 2 aromatic heterocycles. The molecule has 0 radical (unpaired) electrons. The Morgan fingerprint density at radius 2 is 2.03 bits per heavy atom. The molecule has 1 aromatic carbocycles. The number of rotatable bonds is 5. The number of alkyl halides is 3. The van der Waals surface area contributed by atoms with Gasteiger partial charge in [0, 0.05) is 29.9 Å². The van der Waals surface area contributed by atoms with Crippen LogP contribution in [0.3, 0.4) is 0 Å². The van der Waals surface area contributed by atoms with Crippen LogP contribution in [0.5, 0.6) is 0 Å². The van der Waals surface area contributed by atoms with Gasteiger partial charge in [-0.2, -0.15) is 18.3 Å². The number of benzene rings is 1. The summed E-state index contributed by atoms with van der Waals surface area (Å²) in [5.41, 5.74) is 9.03. The van der Waals surface area contributed by atoms with Crippen LogP contribution in [0.4, 0.5) is 24.7 Å². The number of nitrogens with zero attached hydrogens (tertiary/aromatic N) is 5. The maximum absolute atomic E-state index is 13.0. The van der Waals surface area contributed by atoms with Crippen LogP contribution in [0, 0.1) is 5.92 Å². The lowest BCUT2D eigenvalue weighted by Crippen LogP contribution is -2.28. The zero-order chi connectivity index (χ0) is 24.6. The summed E-state index contributed by atoms with van der Waals surface area (Å²) in [6.45, 7) is 1.70. The lowest BCUT2D eigenvalue weighted by atomic mass is 9.92. The third-order valence-corrected chi connectivity index (χ3v) is 6.29. The highest BCUT2D eigenvalue weighted by molar-refractivity contribution is 5.98. The van der Waals surface area contributed by atoms with Gasteiger partial charge in [0.2, 0.25) is 6.35 Å². The van der Waals surface area contributed by atoms with E-state index in [-0.39, 0.29) is 24.6 Å². The van der Waals surface area contributed by atoms with Crippen LogP contribution in [-0.2, 0) is 0 Å². The Labute approximate surface area is 199 Å². The van der Waals surface area contributed by atoms with Crippen LogP contribution < -0.4 is 16.4 Å². The Morgan fingerprint density at radius 3 is 2.74 bits per heavy atom. The fourth-order valence-electron chi connectivity index (χ4n) is 4.48. The molecule has 9 nitrogen and oxygen atoms in total. The Bertz CT molecular complexity index is 1260. The summed E-state index contributed by atoms with van der Waals surface area (Å²) in [4.78, 5) is 12.5. The molecule has 1 aliphatic carbocycles. The fourth-order valence-corrected chi connectivity index (χ4v) is 4.48. The summed E-state index contributed by atoms with van der Waals surface area (Å²) in [5, 5.41) is 21.9. The van der Waals surface area contributed by atoms with Crippen molar-refractivity contribution in [3.63, 3.8) is 0 Å². The van der Waals surface area contributed by atoms with E-state index in [0.717, 1.165) is 25.1 Å². The first-order valence-electron chi connectivity index (χ1n) is 11.3. The van der Waals surface area contributed by atoms with Gasteiger partial charge in [-0.05, 0) is 37.6 Å². The smallest absolute Gasteiger partial charge is 0.383 e. The standard InChI is InChI=1S/C23H25F3N8O/c24-23(25,26)14-2-1-3-16(10-14)32-22(35)31-15-6-4-13(5-7-15)19-18-20(27)29-12-30-21(18)34(33-19)17-8-9-28-11-17/h1,3-7,12,14,17,22,28,31,35H,2,8-11H2,(H2,27,29,30). The van der Waals surface area contributed by atoms with Crippen molar-refractivity contribution < 1.29 is 18.3 Å². The van der Waals surface area contributed by atoms with E-state index in [4.69, 9.17) is 10.8 Å². The van der Waals surface area contributed by atoms with Gasteiger partial charge in [0.15, 0.2) is 5.65 Å². The van der Waals surface area contributed by atoms with Gasteiger partial charge in [-0.25, -0.2) is 19.6 Å². The lowest BCUT2D eigenvalue weighted by molar-refractivity contribution is -0.171. The summed E-state index contributed by atoms with van der Waals surface area (Å²) in [6, 6.07) is 7.26. The second-order valence-corrected chi connectivity index (χ2v) is 8.69. The number of allylic oxidation sites excluding steroid dienone is 2. The van der Waals surface area contributed by atoms with Gasteiger partial charge >= 0.3 is 6.18 Å². The van der Waals surface area contributed by atoms with Gasteiger partial charge < -0.3 is 21.5 Å². The number of hydrogen-bond donors (Lipinski definition) is 4. The number of anilines is 2. The maximum atomic E-state index is 13.0. The normalized spacial score (nSPS) is 22.7. The number of hydrogen-bond acceptors (Lipinski definition) is 8. The zero-order valence-electron chi connectivity index (χ0n) is 18.7. The Morgan fingerprint density at radius 1 is 1.23 bits per heavy atom. The predicted octanol–water partition coefficient (Wildman–Crippen LogP) is 3.27. The monoisotopic (exact) mass is 486 g/mol. The Balaban J connectivity index is 1.35. The van der Waals surface area contributed by atoms with E-state index in [1.165, 1.54) is 18.5 Å². The van der Waals surface area contributed by atoms with Crippen molar-refractivity contribution in [1.29, 1.82) is 0 Å². The van der Waals surface area contributed by atoms with Gasteiger partial charge in [0.05, 0.1) is 17.3 Å². The number of nitrogens with two attached hydrogens (primary N) is 1. The van der Waals surface area contributed by atoms with E-state index in [1.807, 2.05) is 16.8 Å². The minimum absolute atomic E-state index is 0.0786. The highest BCUT2D eigenvalue weighted by atomic mass is 19.4. The maximum Gasteiger partial charge on any atom is 0.392 e. The molecule has 0 saturated carbocycles. The zero-order valence-corrected chi connectivity index (χ0v) is 18.7. The minimum Gasteiger partial charge on any atom is -0.383 e. The molecule has 35 heavy (non-hydrogen) atoms. The van der Waals surface area contributed by atoms with Crippen molar-refractivity contribution in [1.82, 2.24) is 25.1 Å². The van der Waals surface area contributed by atoms with Gasteiger partial charge in [-0.15, -0.1) is 0 Å². The molecule has 3 unspecified atom stereocenters. The summed E-state index contributed by atoms with van der Waals surface area (Å²) in [7, 11) is 0. The molecule has 184 valence electrons. The van der Waals surface area contributed by atoms with E-state index in [2.05, 4.69) is 25.6 Å². The molecule has 0 amide bonds. The van der Waals surface area contributed by atoms with Crippen LogP contribution >= 0.6 is 0 Å². The molecule has 3 heterocycles. The van der Waals surface area contributed by atoms with Gasteiger partial charge in [0.1, 0.15) is 17.8 Å². The number of halogens is 3. The lowest BCUT2D eigenvalue weighted by Gasteiger charge is -2.22. The number of fused-ring (bicyclic) bond motifs is 1. The van der Waals surface area contributed by atoms with E-state index in [1.54, 1.807) is 12.1 Å². The van der Waals surface area contributed by atoms with E-state index >= 15 is 0 Å². The third-order valence-electron chi connectivity index (χ3n) is 6.29. The van der Waals surface area contributed by atoms with Crippen LogP contribution in [0.1, 0.15) is 25.3 Å². The molecular formula is C23H25F3N8O. The molecule has 5 N–H and O–H groups in total. The Kier molecular flexibility index (Phi) is 6.15. The second kappa shape index (κ2) is 9.27. The highest BCUT2D eigenvalue weighted by Crippen LogP contribution is 2.35. The molecular weight excluding hydrogens is 461 g/mol. The van der Waals surface area contributed by atoms with Crippen LogP contribution in [0.2, 0.25) is 0 Å². The molecule has 1 saturated heterocycles. The molecule has 0 bridgehead atoms. The molecule has 0 spiro atoms. The van der Waals surface area contributed by atoms with E-state index < -0.39 is 18.4 Å². The molecule has 1 aliphatic heterocycles. The van der Waals surface area contributed by atoms with E-state index in [9.17, 15) is 18.3 Å². The van der Waals surface area contributed by atoms with Gasteiger partial charge in [-0.3, -0.25) is 0 Å². The molecule has 3 aromatic rings. The molecule has 12 heteroatoms. The second-order valence-electron chi connectivity index (χ2n) is 8.69. The number of aromatic nitrogens is 4. The van der Waals surface area contributed by atoms with Gasteiger partial charge in [0.25, 0.3) is 0 Å². The van der Waals surface area contributed by atoms with Crippen LogP contribution in [-0.4, -0.2) is 56.2 Å². The quantitative estimate of drug-likeness (QED) is 0.408. The van der Waals surface area contributed by atoms with Crippen LogP contribution in [0.25, 0.3) is 22.3 Å². The summed E-state index contributed by atoms with van der Waals surface area (Å²) in [6.07, 6.45) is -0.699. The van der Waals surface area contributed by atoms with Crippen molar-refractivity contribution in [3.8, 4) is 11.3 Å². The number of aliphatic imine (C=N–C) groups is 1. The highest BCUT2D eigenvalue weighted by Gasteiger charge is 2.40. The van der Waals surface area contributed by atoms with E-state index in [0.29, 0.717) is 28.2 Å². The number of aliphatic hydroxyl groups is 1. The third kappa shape index (κ3) is 4.84. The largest absolute Gasteiger partial charge is 0.392 e. The number of aliphatic hydroxyl groups excluding tert-OH is 1. The SMILES string of the molecule is Nc1ncnc2c1c(-c1ccc(NC(O)N=C3C=CCC(C(F)(F)F)C3)cc1)nn2C1CCNC1. The molecule has 5 rings (SSSR count). The topological polar surface area (TPSA) is 126 Å². The number of nitrogen functional groups attached to an aromatic ring is 1. The first-order valence-corrected chi connectivity index (χ1v) is 11.3. The first-order chi connectivity index (χ1) is 16.8. The molecule has 2 aliphatic rings. The molecule has 3 atom stereocenters. The average Bonchev–Trinajstić information content (AvgIpc) is 3.48. The van der Waals surface area contributed by atoms with Crippen molar-refractivity contribution in [3.05, 3.63) is 42.7 Å². The summed E-state index contributed by atoms with van der Waals surface area (Å²) < 4.78 is 40.9. The van der Waals surface area contributed by atoms with Gasteiger partial charge in [-0.1, -0.05) is 18.2 Å². The van der Waals surface area contributed by atoms with Crippen molar-refractivity contribution in [2.75, 3.05) is 24.1 Å². The van der Waals surface area contributed by atoms with Crippen molar-refractivity contribution in [2.24, 2.45) is 10.9 Å². The number of nitrogens with one attached hydrogen (secondary N) is 2. The minimum atomic E-state index is -4.29. The summed E-state index contributed by atoms with van der Waals surface area (Å²) >= 11 is 0. The van der Waals surface area contributed by atoms with Crippen LogP contribution in [0.15, 0.2) is 47.7 Å². The fraction of sp³-hybridized carbons (Fsp3) is 0.391. The predicted molar refractivity (Wildman–Crippen MR) is 127 cm³/mol. The summed E-state index contributed by atoms with van der Waals surface area (Å²) in [5.74, 6) is -1.14. The molecule has 1 fully saturated rings.